The van der Waals surface area contributed by atoms with E-state index < -0.39 is 0 Å². The molecule has 1 aliphatic carbocycles. The Morgan fingerprint density at radius 3 is 2.67 bits per heavy atom. The van der Waals surface area contributed by atoms with E-state index in [0.29, 0.717) is 25.4 Å². The summed E-state index contributed by atoms with van der Waals surface area (Å²) in [7, 11) is 1.38. The molecular formula is C19H28N2O3. The third-order valence-electron chi connectivity index (χ3n) is 4.72. The maximum atomic E-state index is 12.8. The number of hydrogen-bond acceptors (Lipinski definition) is 4. The Labute approximate surface area is 144 Å². The molecule has 2 rings (SSSR count). The van der Waals surface area contributed by atoms with Crippen LogP contribution < -0.4 is 0 Å². The Morgan fingerprint density at radius 1 is 1.29 bits per heavy atom. The molecule has 0 radical (unpaired) electrons. The fourth-order valence-corrected chi connectivity index (χ4v) is 3.32. The molecule has 5 nitrogen and oxygen atoms in total. The minimum atomic E-state index is -0.339. The number of ether oxygens (including phenoxy) is 1. The van der Waals surface area contributed by atoms with E-state index in [1.54, 1.807) is 18.0 Å². The van der Waals surface area contributed by atoms with Gasteiger partial charge in [0.2, 0.25) is 5.91 Å². The fraction of sp³-hybridized carbons (Fsp3) is 0.632. The van der Waals surface area contributed by atoms with Crippen LogP contribution in [0.25, 0.3) is 0 Å². The van der Waals surface area contributed by atoms with Crippen molar-refractivity contribution >= 4 is 11.9 Å². The van der Waals surface area contributed by atoms with Gasteiger partial charge in [-0.1, -0.05) is 32.3 Å². The van der Waals surface area contributed by atoms with E-state index in [-0.39, 0.29) is 17.8 Å². The summed E-state index contributed by atoms with van der Waals surface area (Å²) >= 11 is 0. The average Bonchev–Trinajstić information content (AvgIpc) is 2.62. The van der Waals surface area contributed by atoms with E-state index in [9.17, 15) is 9.59 Å². The first-order valence-electron chi connectivity index (χ1n) is 8.85. The topological polar surface area (TPSA) is 59.5 Å². The molecule has 0 bridgehead atoms. The van der Waals surface area contributed by atoms with E-state index in [1.807, 2.05) is 18.2 Å². The molecule has 0 saturated heterocycles. The lowest BCUT2D eigenvalue weighted by Gasteiger charge is -2.28. The Morgan fingerprint density at radius 2 is 2.04 bits per heavy atom. The summed E-state index contributed by atoms with van der Waals surface area (Å²) in [6.07, 6.45) is 8.28. The summed E-state index contributed by atoms with van der Waals surface area (Å²) in [4.78, 5) is 30.6. The van der Waals surface area contributed by atoms with Crippen molar-refractivity contribution in [3.05, 3.63) is 30.1 Å². The highest BCUT2D eigenvalue weighted by atomic mass is 16.5. The van der Waals surface area contributed by atoms with E-state index in [1.165, 1.54) is 26.4 Å². The molecule has 1 aromatic rings. The predicted octanol–water partition coefficient (Wildman–Crippen LogP) is 3.19. The number of carbonyl (C=O) groups excluding carboxylic acids is 2. The number of nitrogens with zero attached hydrogens (tertiary/aromatic N) is 2. The van der Waals surface area contributed by atoms with E-state index in [2.05, 4.69) is 4.98 Å². The van der Waals surface area contributed by atoms with Gasteiger partial charge in [0.15, 0.2) is 0 Å². The van der Waals surface area contributed by atoms with Crippen molar-refractivity contribution in [3.8, 4) is 0 Å². The van der Waals surface area contributed by atoms with Gasteiger partial charge in [0.25, 0.3) is 0 Å². The number of hydrogen-bond donors (Lipinski definition) is 0. The molecule has 0 aliphatic heterocycles. The first kappa shape index (κ1) is 18.4. The highest BCUT2D eigenvalue weighted by Crippen LogP contribution is 2.27. The summed E-state index contributed by atoms with van der Waals surface area (Å²) in [6.45, 7) is 2.60. The summed E-state index contributed by atoms with van der Waals surface area (Å²) in [5.41, 5.74) is 0.839. The molecule has 1 amide bonds. The van der Waals surface area contributed by atoms with Crippen molar-refractivity contribution < 1.29 is 14.3 Å². The molecule has 1 unspecified atom stereocenters. The molecule has 1 saturated carbocycles. The third kappa shape index (κ3) is 5.62. The SMILES string of the molecule is COC(=O)C(C)CN(Cc1ccccn1)C(=O)CC1CCCCC1. The monoisotopic (exact) mass is 332 g/mol. The third-order valence-corrected chi connectivity index (χ3v) is 4.72. The van der Waals surface area contributed by atoms with Crippen molar-refractivity contribution in [1.82, 2.24) is 9.88 Å². The van der Waals surface area contributed by atoms with Gasteiger partial charge in [-0.3, -0.25) is 14.6 Å². The van der Waals surface area contributed by atoms with Crippen LogP contribution in [-0.4, -0.2) is 35.4 Å². The Bertz CT molecular complexity index is 527. The summed E-state index contributed by atoms with van der Waals surface area (Å²) < 4.78 is 4.80. The molecule has 0 spiro atoms. The molecule has 1 aliphatic rings. The lowest BCUT2D eigenvalue weighted by atomic mass is 9.86. The Balaban J connectivity index is 2.02. The minimum absolute atomic E-state index is 0.114. The second-order valence-electron chi connectivity index (χ2n) is 6.73. The maximum Gasteiger partial charge on any atom is 0.310 e. The van der Waals surface area contributed by atoms with Crippen LogP contribution >= 0.6 is 0 Å². The van der Waals surface area contributed by atoms with Crippen molar-refractivity contribution in [2.24, 2.45) is 11.8 Å². The number of amides is 1. The lowest BCUT2D eigenvalue weighted by Crippen LogP contribution is -2.38. The number of esters is 1. The van der Waals surface area contributed by atoms with Crippen LogP contribution in [0.15, 0.2) is 24.4 Å². The van der Waals surface area contributed by atoms with Crippen LogP contribution in [0.2, 0.25) is 0 Å². The minimum Gasteiger partial charge on any atom is -0.469 e. The molecule has 132 valence electrons. The lowest BCUT2D eigenvalue weighted by molar-refractivity contribution is -0.146. The standard InChI is InChI=1S/C19H28N2O3/c1-15(19(23)24-2)13-21(14-17-10-6-7-11-20-17)18(22)12-16-8-4-3-5-9-16/h6-7,10-11,15-16H,3-5,8-9,12-14H2,1-2H3. The number of pyridine rings is 1. The van der Waals surface area contributed by atoms with Crippen LogP contribution in [0.1, 0.15) is 51.1 Å². The predicted molar refractivity (Wildman–Crippen MR) is 92.0 cm³/mol. The van der Waals surface area contributed by atoms with Crippen LogP contribution in [0, 0.1) is 11.8 Å². The van der Waals surface area contributed by atoms with Crippen LogP contribution in [0.4, 0.5) is 0 Å². The summed E-state index contributed by atoms with van der Waals surface area (Å²) in [6, 6.07) is 5.67. The second-order valence-corrected chi connectivity index (χ2v) is 6.73. The molecule has 0 aromatic carbocycles. The maximum absolute atomic E-state index is 12.8. The second kappa shape index (κ2) is 9.40. The number of aromatic nitrogens is 1. The van der Waals surface area contributed by atoms with Crippen LogP contribution in [-0.2, 0) is 20.9 Å². The van der Waals surface area contributed by atoms with Gasteiger partial charge in [-0.05, 0) is 30.9 Å². The summed E-state index contributed by atoms with van der Waals surface area (Å²) in [5.74, 6) is -0.0327. The van der Waals surface area contributed by atoms with E-state index in [4.69, 9.17) is 4.74 Å². The largest absolute Gasteiger partial charge is 0.469 e. The summed E-state index contributed by atoms with van der Waals surface area (Å²) in [5, 5.41) is 0. The first-order chi connectivity index (χ1) is 11.6. The molecule has 1 atom stereocenters. The zero-order chi connectivity index (χ0) is 17.4. The van der Waals surface area contributed by atoms with Gasteiger partial charge in [-0.25, -0.2) is 0 Å². The number of rotatable bonds is 7. The Kier molecular flexibility index (Phi) is 7.22. The van der Waals surface area contributed by atoms with E-state index in [0.717, 1.165) is 18.5 Å². The van der Waals surface area contributed by atoms with Crippen LogP contribution in [0.5, 0.6) is 0 Å². The number of carbonyl (C=O) groups is 2. The van der Waals surface area contributed by atoms with Gasteiger partial charge in [-0.15, -0.1) is 0 Å². The van der Waals surface area contributed by atoms with Gasteiger partial charge >= 0.3 is 5.97 Å². The number of methoxy groups -OCH3 is 1. The van der Waals surface area contributed by atoms with E-state index >= 15 is 0 Å². The highest BCUT2D eigenvalue weighted by molar-refractivity contribution is 5.78. The normalized spacial score (nSPS) is 16.4. The molecular weight excluding hydrogens is 304 g/mol. The smallest absolute Gasteiger partial charge is 0.310 e. The first-order valence-corrected chi connectivity index (χ1v) is 8.85. The van der Waals surface area contributed by atoms with Crippen molar-refractivity contribution in [3.63, 3.8) is 0 Å². The molecule has 24 heavy (non-hydrogen) atoms. The van der Waals surface area contributed by atoms with Crippen LogP contribution in [0.3, 0.4) is 0 Å². The van der Waals surface area contributed by atoms with Crippen molar-refractivity contribution in [2.75, 3.05) is 13.7 Å². The molecule has 1 heterocycles. The zero-order valence-electron chi connectivity index (χ0n) is 14.7. The highest BCUT2D eigenvalue weighted by Gasteiger charge is 2.25. The molecule has 1 fully saturated rings. The van der Waals surface area contributed by atoms with Crippen molar-refractivity contribution in [2.45, 2.75) is 52.0 Å². The quantitative estimate of drug-likeness (QED) is 0.720. The van der Waals surface area contributed by atoms with Gasteiger partial charge < -0.3 is 9.64 Å². The van der Waals surface area contributed by atoms with Gasteiger partial charge in [0.1, 0.15) is 0 Å². The molecule has 1 aromatic heterocycles. The zero-order valence-corrected chi connectivity index (χ0v) is 14.7. The fourth-order valence-electron chi connectivity index (χ4n) is 3.32. The molecule has 0 N–H and O–H groups in total. The molecule has 5 heteroatoms. The average molecular weight is 332 g/mol. The van der Waals surface area contributed by atoms with Gasteiger partial charge in [0.05, 0.1) is 25.3 Å². The van der Waals surface area contributed by atoms with Gasteiger partial charge in [-0.2, -0.15) is 0 Å². The Hall–Kier alpha value is -1.91. The van der Waals surface area contributed by atoms with Gasteiger partial charge in [0, 0.05) is 19.2 Å². The van der Waals surface area contributed by atoms with Crippen molar-refractivity contribution in [1.29, 1.82) is 0 Å².